The summed E-state index contributed by atoms with van der Waals surface area (Å²) in [5, 5.41) is 9.57. The van der Waals surface area contributed by atoms with Gasteiger partial charge in [-0.2, -0.15) is 39.5 Å². The molecule has 0 saturated heterocycles. The van der Waals surface area contributed by atoms with Crippen LogP contribution in [0.2, 0.25) is 0 Å². The number of benzene rings is 1. The topological polar surface area (TPSA) is 20.2 Å². The molecule has 0 amide bonds. The van der Waals surface area contributed by atoms with Gasteiger partial charge in [0.25, 0.3) is 0 Å². The smallest absolute Gasteiger partial charge is 0.388 e. The fourth-order valence-electron chi connectivity index (χ4n) is 1.92. The van der Waals surface area contributed by atoms with E-state index in [4.69, 9.17) is 0 Å². The van der Waals surface area contributed by atoms with Crippen LogP contribution >= 0.6 is 0 Å². The monoisotopic (exact) mass is 368 g/mol. The van der Waals surface area contributed by atoms with Crippen molar-refractivity contribution in [1.29, 1.82) is 0 Å². The van der Waals surface area contributed by atoms with Gasteiger partial charge in [0.1, 0.15) is 0 Å². The van der Waals surface area contributed by atoms with E-state index in [0.717, 1.165) is 6.07 Å². The molecule has 0 aliphatic heterocycles. The molecule has 0 aliphatic rings. The first kappa shape index (κ1) is 20.6. The molecule has 24 heavy (non-hydrogen) atoms. The first-order valence-electron chi connectivity index (χ1n) is 6.64. The lowest BCUT2D eigenvalue weighted by Gasteiger charge is -2.34. The Labute approximate surface area is 131 Å². The first-order valence-corrected chi connectivity index (χ1v) is 6.64. The summed E-state index contributed by atoms with van der Waals surface area (Å²) in [7, 11) is 0. The molecule has 0 aliphatic carbocycles. The summed E-state index contributed by atoms with van der Waals surface area (Å²) in [5.74, 6) is -19.5. The second kappa shape index (κ2) is 6.45. The van der Waals surface area contributed by atoms with Crippen LogP contribution in [0, 0.1) is 0 Å². The van der Waals surface area contributed by atoms with Crippen LogP contribution in [-0.2, 0) is 6.42 Å². The number of alkyl halides is 9. The Kier molecular flexibility index (Phi) is 5.54. The molecule has 1 N–H and O–H groups in total. The summed E-state index contributed by atoms with van der Waals surface area (Å²) in [5.41, 5.74) is 0.238. The summed E-state index contributed by atoms with van der Waals surface area (Å²) in [4.78, 5) is 0. The van der Waals surface area contributed by atoms with Crippen LogP contribution in [0.3, 0.4) is 0 Å². The van der Waals surface area contributed by atoms with Gasteiger partial charge in [-0.05, 0) is 17.5 Å². The number of hydrogen-bond donors (Lipinski definition) is 1. The molecule has 10 heteroatoms. The lowest BCUT2D eigenvalue weighted by atomic mass is 9.94. The van der Waals surface area contributed by atoms with Gasteiger partial charge in [0.05, 0.1) is 6.10 Å². The van der Waals surface area contributed by atoms with Crippen LogP contribution in [-0.4, -0.2) is 29.1 Å². The summed E-state index contributed by atoms with van der Waals surface area (Å²) in [6, 6.07) is 5.07. The molecule has 0 bridgehead atoms. The van der Waals surface area contributed by atoms with Gasteiger partial charge in [-0.25, -0.2) is 0 Å². The standard InChI is InChI=1S/C14H13F9O/c1-2-8-4-3-5-9(6-8)10(24)7-11(15,16)12(17,18)13(19,20)14(21,22)23/h3-6,10,24H,2,7H2,1H3. The Hall–Kier alpha value is -1.45. The van der Waals surface area contributed by atoms with Crippen molar-refractivity contribution in [3.63, 3.8) is 0 Å². The molecule has 0 aromatic heterocycles. The summed E-state index contributed by atoms with van der Waals surface area (Å²) in [6.07, 6.45) is -11.1. The second-order valence-corrected chi connectivity index (χ2v) is 5.17. The minimum atomic E-state index is -6.95. The van der Waals surface area contributed by atoms with Crippen LogP contribution in [0.4, 0.5) is 39.5 Å². The maximum Gasteiger partial charge on any atom is 0.460 e. The normalized spacial score (nSPS) is 15.5. The molecule has 138 valence electrons. The number of rotatable bonds is 6. The predicted octanol–water partition coefficient (Wildman–Crippen LogP) is 5.14. The van der Waals surface area contributed by atoms with Crippen LogP contribution in [0.15, 0.2) is 24.3 Å². The average molecular weight is 368 g/mol. The zero-order valence-electron chi connectivity index (χ0n) is 12.1. The highest BCUT2D eigenvalue weighted by Gasteiger charge is 2.81. The van der Waals surface area contributed by atoms with Crippen LogP contribution < -0.4 is 0 Å². The molecule has 1 unspecified atom stereocenters. The molecule has 1 rings (SSSR count). The third-order valence-electron chi connectivity index (χ3n) is 3.40. The van der Waals surface area contributed by atoms with E-state index in [1.807, 2.05) is 0 Å². The van der Waals surface area contributed by atoms with E-state index in [-0.39, 0.29) is 5.56 Å². The number of hydrogen-bond acceptors (Lipinski definition) is 1. The first-order chi connectivity index (χ1) is 10.7. The highest BCUT2D eigenvalue weighted by atomic mass is 19.4. The van der Waals surface area contributed by atoms with Crippen LogP contribution in [0.5, 0.6) is 0 Å². The summed E-state index contributed by atoms with van der Waals surface area (Å²) >= 11 is 0. The molecule has 0 radical (unpaired) electrons. The molecule has 1 atom stereocenters. The Morgan fingerprint density at radius 3 is 1.92 bits per heavy atom. The van der Waals surface area contributed by atoms with E-state index in [9.17, 15) is 44.6 Å². The molecule has 0 saturated carbocycles. The van der Waals surface area contributed by atoms with E-state index < -0.39 is 36.5 Å². The second-order valence-electron chi connectivity index (χ2n) is 5.17. The summed E-state index contributed by atoms with van der Waals surface area (Å²) < 4.78 is 115. The van der Waals surface area contributed by atoms with Gasteiger partial charge in [-0.3, -0.25) is 0 Å². The van der Waals surface area contributed by atoms with Crippen molar-refractivity contribution in [2.75, 3.05) is 0 Å². The van der Waals surface area contributed by atoms with Crippen molar-refractivity contribution >= 4 is 0 Å². The third-order valence-corrected chi connectivity index (χ3v) is 3.40. The van der Waals surface area contributed by atoms with Gasteiger partial charge in [0.15, 0.2) is 0 Å². The maximum atomic E-state index is 13.5. The molecule has 1 aromatic rings. The fraction of sp³-hybridized carbons (Fsp3) is 0.571. The number of aliphatic hydroxyl groups is 1. The molecule has 1 aromatic carbocycles. The van der Waals surface area contributed by atoms with E-state index >= 15 is 0 Å². The van der Waals surface area contributed by atoms with Crippen molar-refractivity contribution in [3.8, 4) is 0 Å². The lowest BCUT2D eigenvalue weighted by Crippen LogP contribution is -2.61. The third kappa shape index (κ3) is 3.62. The molecule has 0 heterocycles. The van der Waals surface area contributed by atoms with Crippen molar-refractivity contribution in [1.82, 2.24) is 0 Å². The van der Waals surface area contributed by atoms with E-state index in [1.54, 1.807) is 6.92 Å². The lowest BCUT2D eigenvalue weighted by molar-refractivity contribution is -0.398. The number of aryl methyl sites for hydroxylation is 1. The number of aliphatic hydroxyl groups excluding tert-OH is 1. The fourth-order valence-corrected chi connectivity index (χ4v) is 1.92. The predicted molar refractivity (Wildman–Crippen MR) is 66.3 cm³/mol. The zero-order chi connectivity index (χ0) is 19.0. The van der Waals surface area contributed by atoms with Gasteiger partial charge in [0.2, 0.25) is 0 Å². The van der Waals surface area contributed by atoms with Gasteiger partial charge in [-0.1, -0.05) is 31.2 Å². The molecule has 0 spiro atoms. The van der Waals surface area contributed by atoms with Crippen molar-refractivity contribution in [2.24, 2.45) is 0 Å². The number of halogens is 9. The average Bonchev–Trinajstić information content (AvgIpc) is 2.45. The minimum Gasteiger partial charge on any atom is -0.388 e. The van der Waals surface area contributed by atoms with Crippen molar-refractivity contribution < 1.29 is 44.6 Å². The quantitative estimate of drug-likeness (QED) is 0.690. The molecular formula is C14H13F9O. The van der Waals surface area contributed by atoms with Crippen LogP contribution in [0.25, 0.3) is 0 Å². The largest absolute Gasteiger partial charge is 0.460 e. The van der Waals surface area contributed by atoms with Gasteiger partial charge in [-0.15, -0.1) is 0 Å². The van der Waals surface area contributed by atoms with E-state index in [0.29, 0.717) is 12.0 Å². The Morgan fingerprint density at radius 2 is 1.46 bits per heavy atom. The zero-order valence-corrected chi connectivity index (χ0v) is 12.1. The Balaban J connectivity index is 3.10. The molecular weight excluding hydrogens is 355 g/mol. The van der Waals surface area contributed by atoms with Crippen molar-refractivity contribution in [3.05, 3.63) is 35.4 Å². The Morgan fingerprint density at radius 1 is 0.917 bits per heavy atom. The minimum absolute atomic E-state index is 0.292. The summed E-state index contributed by atoms with van der Waals surface area (Å²) in [6.45, 7) is 1.66. The van der Waals surface area contributed by atoms with E-state index in [2.05, 4.69) is 0 Å². The molecule has 0 fully saturated rings. The van der Waals surface area contributed by atoms with Gasteiger partial charge < -0.3 is 5.11 Å². The van der Waals surface area contributed by atoms with Crippen molar-refractivity contribution in [2.45, 2.75) is 49.8 Å². The highest BCUT2D eigenvalue weighted by Crippen LogP contribution is 2.55. The van der Waals surface area contributed by atoms with E-state index in [1.165, 1.54) is 18.2 Å². The van der Waals surface area contributed by atoms with Crippen LogP contribution in [0.1, 0.15) is 30.6 Å². The Bertz CT molecular complexity index is 566. The van der Waals surface area contributed by atoms with Gasteiger partial charge in [0, 0.05) is 6.42 Å². The SMILES string of the molecule is CCc1cccc(C(O)CC(F)(F)C(F)(F)C(F)(F)C(F)(F)F)c1. The molecule has 1 nitrogen and oxygen atoms in total. The highest BCUT2D eigenvalue weighted by molar-refractivity contribution is 5.25. The van der Waals surface area contributed by atoms with Gasteiger partial charge >= 0.3 is 23.9 Å². The maximum absolute atomic E-state index is 13.5.